The number of amides is 1. The summed E-state index contributed by atoms with van der Waals surface area (Å²) in [6.07, 6.45) is 3.88. The zero-order valence-corrected chi connectivity index (χ0v) is 15.0. The molecular weight excluding hydrogens is 334 g/mol. The molecule has 3 aromatic carbocycles. The fourth-order valence-corrected chi connectivity index (χ4v) is 3.04. The SMILES string of the molecule is CC(=O)Nc1ccc(N=Cc2cccn2-c2ccc3ccccc3c2)cc1. The summed E-state index contributed by atoms with van der Waals surface area (Å²) >= 11 is 0. The standard InChI is InChI=1S/C23H19N3O/c1-17(27)25-21-11-9-20(10-12-21)24-16-23-7-4-14-26(23)22-13-8-18-5-2-3-6-19(18)15-22/h2-16H,1H3,(H,25,27). The molecular formula is C23H19N3O. The Kier molecular flexibility index (Phi) is 4.54. The fourth-order valence-electron chi connectivity index (χ4n) is 3.04. The summed E-state index contributed by atoms with van der Waals surface area (Å²) in [7, 11) is 0. The van der Waals surface area contributed by atoms with Gasteiger partial charge in [-0.25, -0.2) is 0 Å². The van der Waals surface area contributed by atoms with Gasteiger partial charge in [0.25, 0.3) is 0 Å². The maximum absolute atomic E-state index is 11.1. The van der Waals surface area contributed by atoms with Gasteiger partial charge in [0.15, 0.2) is 0 Å². The number of anilines is 1. The van der Waals surface area contributed by atoms with Crippen LogP contribution in [-0.4, -0.2) is 16.7 Å². The molecule has 1 N–H and O–H groups in total. The second kappa shape index (κ2) is 7.30. The number of nitrogens with one attached hydrogen (secondary N) is 1. The second-order valence-electron chi connectivity index (χ2n) is 6.32. The van der Waals surface area contributed by atoms with Crippen molar-refractivity contribution in [3.8, 4) is 5.69 Å². The van der Waals surface area contributed by atoms with E-state index in [-0.39, 0.29) is 5.91 Å². The number of carbonyl (C=O) groups is 1. The first-order chi connectivity index (χ1) is 13.2. The van der Waals surface area contributed by atoms with E-state index < -0.39 is 0 Å². The van der Waals surface area contributed by atoms with Gasteiger partial charge in [-0.05, 0) is 59.3 Å². The molecule has 132 valence electrons. The predicted molar refractivity (Wildman–Crippen MR) is 111 cm³/mol. The molecule has 0 aliphatic rings. The van der Waals surface area contributed by atoms with Crippen LogP contribution < -0.4 is 5.32 Å². The minimum Gasteiger partial charge on any atom is -0.326 e. The summed E-state index contributed by atoms with van der Waals surface area (Å²) in [5, 5.41) is 5.19. The molecule has 0 spiro atoms. The number of fused-ring (bicyclic) bond motifs is 1. The van der Waals surface area contributed by atoms with Crippen LogP contribution in [0.15, 0.2) is 90.1 Å². The summed E-state index contributed by atoms with van der Waals surface area (Å²) < 4.78 is 2.11. The average Bonchev–Trinajstić information content (AvgIpc) is 3.15. The van der Waals surface area contributed by atoms with Crippen molar-refractivity contribution < 1.29 is 4.79 Å². The molecule has 4 nitrogen and oxygen atoms in total. The Morgan fingerprint density at radius 3 is 2.48 bits per heavy atom. The quantitative estimate of drug-likeness (QED) is 0.495. The number of aromatic nitrogens is 1. The molecule has 0 saturated carbocycles. The molecule has 4 rings (SSSR count). The first kappa shape index (κ1) is 16.8. The lowest BCUT2D eigenvalue weighted by atomic mass is 10.1. The third kappa shape index (κ3) is 3.80. The number of aliphatic imine (C=N–C) groups is 1. The lowest BCUT2D eigenvalue weighted by molar-refractivity contribution is -0.114. The molecule has 0 atom stereocenters. The molecule has 0 bridgehead atoms. The number of rotatable bonds is 4. The Morgan fingerprint density at radius 1 is 0.926 bits per heavy atom. The highest BCUT2D eigenvalue weighted by molar-refractivity contribution is 5.89. The van der Waals surface area contributed by atoms with Gasteiger partial charge in [0.2, 0.25) is 5.91 Å². The predicted octanol–water partition coefficient (Wildman–Crippen LogP) is 5.34. The third-order valence-electron chi connectivity index (χ3n) is 4.33. The average molecular weight is 353 g/mol. The number of hydrogen-bond donors (Lipinski definition) is 1. The van der Waals surface area contributed by atoms with E-state index >= 15 is 0 Å². The van der Waals surface area contributed by atoms with Crippen LogP contribution in [-0.2, 0) is 4.79 Å². The topological polar surface area (TPSA) is 46.4 Å². The smallest absolute Gasteiger partial charge is 0.221 e. The van der Waals surface area contributed by atoms with Crippen molar-refractivity contribution in [2.75, 3.05) is 5.32 Å². The summed E-state index contributed by atoms with van der Waals surface area (Å²) in [4.78, 5) is 15.6. The first-order valence-corrected chi connectivity index (χ1v) is 8.77. The highest BCUT2D eigenvalue weighted by Crippen LogP contribution is 2.21. The molecule has 4 aromatic rings. The van der Waals surface area contributed by atoms with Gasteiger partial charge in [-0.15, -0.1) is 0 Å². The van der Waals surface area contributed by atoms with E-state index in [1.807, 2.05) is 54.9 Å². The van der Waals surface area contributed by atoms with Crippen molar-refractivity contribution in [2.24, 2.45) is 4.99 Å². The van der Waals surface area contributed by atoms with E-state index in [1.165, 1.54) is 17.7 Å². The zero-order valence-electron chi connectivity index (χ0n) is 15.0. The number of nitrogens with zero attached hydrogens (tertiary/aromatic N) is 2. The van der Waals surface area contributed by atoms with Crippen molar-refractivity contribution in [1.29, 1.82) is 0 Å². The van der Waals surface area contributed by atoms with Crippen LogP contribution >= 0.6 is 0 Å². The molecule has 0 aliphatic heterocycles. The number of hydrogen-bond acceptors (Lipinski definition) is 2. The molecule has 0 fully saturated rings. The Labute approximate surface area is 157 Å². The van der Waals surface area contributed by atoms with Gasteiger partial charge in [0.05, 0.1) is 17.6 Å². The third-order valence-corrected chi connectivity index (χ3v) is 4.33. The van der Waals surface area contributed by atoms with Gasteiger partial charge in [-0.3, -0.25) is 9.79 Å². The second-order valence-corrected chi connectivity index (χ2v) is 6.32. The van der Waals surface area contributed by atoms with Gasteiger partial charge in [0, 0.05) is 24.5 Å². The molecule has 4 heteroatoms. The van der Waals surface area contributed by atoms with Gasteiger partial charge in [-0.2, -0.15) is 0 Å². The Morgan fingerprint density at radius 2 is 1.70 bits per heavy atom. The van der Waals surface area contributed by atoms with E-state index in [0.717, 1.165) is 22.8 Å². The van der Waals surface area contributed by atoms with Crippen LogP contribution in [0.25, 0.3) is 16.5 Å². The highest BCUT2D eigenvalue weighted by atomic mass is 16.1. The van der Waals surface area contributed by atoms with Gasteiger partial charge in [0.1, 0.15) is 0 Å². The van der Waals surface area contributed by atoms with Crippen LogP contribution in [0.3, 0.4) is 0 Å². The molecule has 1 heterocycles. The number of carbonyl (C=O) groups excluding carboxylic acids is 1. The van der Waals surface area contributed by atoms with Crippen molar-refractivity contribution >= 4 is 34.3 Å². The summed E-state index contributed by atoms with van der Waals surface area (Å²) in [6, 6.07) is 26.2. The minimum absolute atomic E-state index is 0.0838. The van der Waals surface area contributed by atoms with Crippen LogP contribution in [0.4, 0.5) is 11.4 Å². The summed E-state index contributed by atoms with van der Waals surface area (Å²) in [5.74, 6) is -0.0838. The molecule has 0 saturated heterocycles. The molecule has 27 heavy (non-hydrogen) atoms. The van der Waals surface area contributed by atoms with Gasteiger partial charge in [-0.1, -0.05) is 30.3 Å². The normalized spacial score (nSPS) is 11.1. The van der Waals surface area contributed by atoms with Crippen molar-refractivity contribution in [3.05, 3.63) is 90.8 Å². The van der Waals surface area contributed by atoms with E-state index in [1.54, 1.807) is 0 Å². The summed E-state index contributed by atoms with van der Waals surface area (Å²) in [6.45, 7) is 1.49. The Balaban J connectivity index is 1.59. The monoisotopic (exact) mass is 353 g/mol. The maximum atomic E-state index is 11.1. The molecule has 0 unspecified atom stereocenters. The van der Waals surface area contributed by atoms with E-state index in [2.05, 4.69) is 51.3 Å². The van der Waals surface area contributed by atoms with Gasteiger partial charge < -0.3 is 9.88 Å². The molecule has 1 aromatic heterocycles. The largest absolute Gasteiger partial charge is 0.326 e. The van der Waals surface area contributed by atoms with Crippen molar-refractivity contribution in [3.63, 3.8) is 0 Å². The van der Waals surface area contributed by atoms with E-state index in [9.17, 15) is 4.79 Å². The van der Waals surface area contributed by atoms with Crippen LogP contribution in [0, 0.1) is 0 Å². The lowest BCUT2D eigenvalue weighted by Gasteiger charge is -2.08. The Bertz CT molecular complexity index is 1120. The molecule has 1 amide bonds. The maximum Gasteiger partial charge on any atom is 0.221 e. The molecule has 0 aliphatic carbocycles. The summed E-state index contributed by atoms with van der Waals surface area (Å²) in [5.41, 5.74) is 3.69. The fraction of sp³-hybridized carbons (Fsp3) is 0.0435. The minimum atomic E-state index is -0.0838. The first-order valence-electron chi connectivity index (χ1n) is 8.77. The van der Waals surface area contributed by atoms with Crippen molar-refractivity contribution in [1.82, 2.24) is 4.57 Å². The van der Waals surface area contributed by atoms with Crippen LogP contribution in [0.2, 0.25) is 0 Å². The van der Waals surface area contributed by atoms with Crippen LogP contribution in [0.5, 0.6) is 0 Å². The highest BCUT2D eigenvalue weighted by Gasteiger charge is 2.03. The van der Waals surface area contributed by atoms with E-state index in [0.29, 0.717) is 0 Å². The number of benzene rings is 3. The van der Waals surface area contributed by atoms with Crippen LogP contribution in [0.1, 0.15) is 12.6 Å². The zero-order chi connectivity index (χ0) is 18.6. The molecule has 0 radical (unpaired) electrons. The van der Waals surface area contributed by atoms with Crippen molar-refractivity contribution in [2.45, 2.75) is 6.92 Å². The van der Waals surface area contributed by atoms with Gasteiger partial charge >= 0.3 is 0 Å². The Hall–Kier alpha value is -3.66. The van der Waals surface area contributed by atoms with E-state index in [4.69, 9.17) is 0 Å². The lowest BCUT2D eigenvalue weighted by Crippen LogP contribution is -2.04.